The maximum Gasteiger partial charge on any atom is 0.340 e. The fourth-order valence-corrected chi connectivity index (χ4v) is 4.96. The largest absolute Gasteiger partial charge is 0.462 e. The molecule has 0 radical (unpaired) electrons. The highest BCUT2D eigenvalue weighted by molar-refractivity contribution is 6.18. The van der Waals surface area contributed by atoms with Gasteiger partial charge in [-0.05, 0) is 73.5 Å². The van der Waals surface area contributed by atoms with Crippen LogP contribution in [0.5, 0.6) is 0 Å². The predicted molar refractivity (Wildman–Crippen MR) is 170 cm³/mol. The van der Waals surface area contributed by atoms with Crippen molar-refractivity contribution in [3.63, 3.8) is 0 Å². The Hall–Kier alpha value is -4.97. The minimum Gasteiger partial charge on any atom is -0.462 e. The average molecular weight is 558 g/mol. The van der Waals surface area contributed by atoms with Gasteiger partial charge in [-0.15, -0.1) is 0 Å². The average Bonchev–Trinajstić information content (AvgIpc) is 3.32. The van der Waals surface area contributed by atoms with Crippen molar-refractivity contribution >= 4 is 46.5 Å². The first-order valence-electron chi connectivity index (χ1n) is 14.5. The Bertz CT molecular complexity index is 1540. The van der Waals surface area contributed by atoms with Crippen LogP contribution in [0.1, 0.15) is 49.0 Å². The second kappa shape index (κ2) is 13.6. The van der Waals surface area contributed by atoms with Crippen molar-refractivity contribution in [2.24, 2.45) is 4.99 Å². The lowest BCUT2D eigenvalue weighted by Crippen LogP contribution is -2.29. The molecule has 1 aliphatic heterocycles. The van der Waals surface area contributed by atoms with Crippen molar-refractivity contribution in [2.45, 2.75) is 33.1 Å². The zero-order valence-electron chi connectivity index (χ0n) is 24.1. The lowest BCUT2D eigenvalue weighted by Gasteiger charge is -2.25. The quantitative estimate of drug-likeness (QED) is 0.111. The zero-order valence-corrected chi connectivity index (χ0v) is 24.1. The second-order valence-electron chi connectivity index (χ2n) is 10.0. The number of amides is 1. The molecule has 0 aliphatic carbocycles. The van der Waals surface area contributed by atoms with Crippen LogP contribution < -0.4 is 4.90 Å². The maximum absolute atomic E-state index is 13.4. The number of amidine groups is 1. The lowest BCUT2D eigenvalue weighted by atomic mass is 10.1. The number of aliphatic imine (C=N–C) groups is 1. The number of carbonyl (C=O) groups is 2. The van der Waals surface area contributed by atoms with Gasteiger partial charge < -0.3 is 9.64 Å². The van der Waals surface area contributed by atoms with Gasteiger partial charge in [-0.25, -0.2) is 9.79 Å². The van der Waals surface area contributed by atoms with Crippen LogP contribution in [0.25, 0.3) is 6.08 Å². The zero-order chi connectivity index (χ0) is 29.3. The molecule has 1 saturated heterocycles. The standard InChI is InChI=1S/C36H35N3O3/c1-3-5-24-42-36(41)32-18-12-13-19-33(32)37-34-26-28(35(40)38(34)4-2)25-27-20-22-31(23-21-27)39(29-14-8-6-9-15-29)30-16-10-7-11-17-30/h6-23,25H,3-5,24,26H2,1-2H3/b28-25-,37-34?. The van der Waals surface area contributed by atoms with E-state index in [9.17, 15) is 9.59 Å². The molecule has 42 heavy (non-hydrogen) atoms. The van der Waals surface area contributed by atoms with E-state index in [1.165, 1.54) is 0 Å². The fourth-order valence-electron chi connectivity index (χ4n) is 4.96. The highest BCUT2D eigenvalue weighted by atomic mass is 16.5. The summed E-state index contributed by atoms with van der Waals surface area (Å²) in [4.78, 5) is 34.7. The number of hydrogen-bond acceptors (Lipinski definition) is 5. The van der Waals surface area contributed by atoms with Crippen LogP contribution in [-0.2, 0) is 9.53 Å². The van der Waals surface area contributed by atoms with Crippen molar-refractivity contribution < 1.29 is 14.3 Å². The van der Waals surface area contributed by atoms with Crippen LogP contribution in [0.15, 0.2) is 120 Å². The SMILES string of the molecule is CCCCOC(=O)c1ccccc1N=C1C/C(=C/c2ccc(N(c3ccccc3)c3ccccc3)cc2)C(=O)N1CC. The van der Waals surface area contributed by atoms with Gasteiger partial charge in [0.2, 0.25) is 0 Å². The molecule has 1 aliphatic rings. The molecule has 1 fully saturated rings. The Labute approximate surface area is 247 Å². The number of ether oxygens (including phenoxy) is 1. The Kier molecular flexibility index (Phi) is 9.24. The van der Waals surface area contributed by atoms with E-state index < -0.39 is 5.97 Å². The third-order valence-corrected chi connectivity index (χ3v) is 7.12. The number of hydrogen-bond donors (Lipinski definition) is 0. The first-order valence-corrected chi connectivity index (χ1v) is 14.5. The van der Waals surface area contributed by atoms with Gasteiger partial charge in [-0.3, -0.25) is 9.69 Å². The van der Waals surface area contributed by atoms with Crippen LogP contribution in [0.4, 0.5) is 22.7 Å². The number of unbranched alkanes of at least 4 members (excludes halogenated alkanes) is 1. The number of likely N-dealkylation sites (tertiary alicyclic amines) is 1. The van der Waals surface area contributed by atoms with Gasteiger partial charge >= 0.3 is 5.97 Å². The van der Waals surface area contributed by atoms with Crippen LogP contribution >= 0.6 is 0 Å². The van der Waals surface area contributed by atoms with E-state index >= 15 is 0 Å². The molecule has 0 aromatic heterocycles. The summed E-state index contributed by atoms with van der Waals surface area (Å²) in [6.07, 6.45) is 4.07. The summed E-state index contributed by atoms with van der Waals surface area (Å²) in [5, 5.41) is 0. The fraction of sp³-hybridized carbons (Fsp3) is 0.194. The molecule has 212 valence electrons. The summed E-state index contributed by atoms with van der Waals surface area (Å²) in [5.74, 6) is 0.156. The molecule has 0 atom stereocenters. The topological polar surface area (TPSA) is 62.2 Å². The molecule has 1 heterocycles. The number of likely N-dealkylation sites (N-methyl/N-ethyl adjacent to an activating group) is 1. The first kappa shape index (κ1) is 28.6. The molecule has 0 bridgehead atoms. The van der Waals surface area contributed by atoms with Crippen LogP contribution in [0, 0.1) is 0 Å². The summed E-state index contributed by atoms with van der Waals surface area (Å²) in [6.45, 7) is 4.84. The Morgan fingerprint density at radius 1 is 0.833 bits per heavy atom. The monoisotopic (exact) mass is 557 g/mol. The first-order chi connectivity index (χ1) is 20.6. The number of esters is 1. The summed E-state index contributed by atoms with van der Waals surface area (Å²) in [5.41, 5.74) is 5.65. The maximum atomic E-state index is 13.4. The van der Waals surface area contributed by atoms with Crippen molar-refractivity contribution in [3.05, 3.63) is 126 Å². The smallest absolute Gasteiger partial charge is 0.340 e. The van der Waals surface area contributed by atoms with Crippen LogP contribution in [0.2, 0.25) is 0 Å². The van der Waals surface area contributed by atoms with E-state index in [1.54, 1.807) is 23.1 Å². The normalized spacial score (nSPS) is 14.9. The summed E-state index contributed by atoms with van der Waals surface area (Å²) in [6, 6.07) is 35.8. The molecule has 0 spiro atoms. The molecule has 4 aromatic carbocycles. The minimum atomic E-state index is -0.397. The molecule has 4 aromatic rings. The van der Waals surface area contributed by atoms with E-state index in [-0.39, 0.29) is 5.91 Å². The van der Waals surface area contributed by atoms with E-state index in [2.05, 4.69) is 41.3 Å². The third-order valence-electron chi connectivity index (χ3n) is 7.12. The highest BCUT2D eigenvalue weighted by Gasteiger charge is 2.31. The van der Waals surface area contributed by atoms with Gasteiger partial charge in [0, 0.05) is 35.6 Å². The Morgan fingerprint density at radius 3 is 2.05 bits per heavy atom. The Balaban J connectivity index is 1.40. The number of rotatable bonds is 10. The van der Waals surface area contributed by atoms with E-state index in [0.717, 1.165) is 35.5 Å². The number of carbonyl (C=O) groups excluding carboxylic acids is 2. The van der Waals surface area contributed by atoms with E-state index in [0.29, 0.717) is 42.2 Å². The molecular formula is C36H35N3O3. The van der Waals surface area contributed by atoms with Crippen molar-refractivity contribution in [3.8, 4) is 0 Å². The highest BCUT2D eigenvalue weighted by Crippen LogP contribution is 2.34. The Morgan fingerprint density at radius 2 is 1.43 bits per heavy atom. The lowest BCUT2D eigenvalue weighted by molar-refractivity contribution is -0.122. The van der Waals surface area contributed by atoms with Gasteiger partial charge in [0.1, 0.15) is 5.84 Å². The van der Waals surface area contributed by atoms with Crippen molar-refractivity contribution in [1.29, 1.82) is 0 Å². The van der Waals surface area contributed by atoms with E-state index in [1.807, 2.05) is 74.5 Å². The summed E-state index contributed by atoms with van der Waals surface area (Å²) < 4.78 is 5.43. The molecule has 6 heteroatoms. The number of benzene rings is 4. The summed E-state index contributed by atoms with van der Waals surface area (Å²) >= 11 is 0. The van der Waals surface area contributed by atoms with Gasteiger partial charge in [-0.1, -0.05) is 74.0 Å². The molecular weight excluding hydrogens is 522 g/mol. The third kappa shape index (κ3) is 6.50. The van der Waals surface area contributed by atoms with E-state index in [4.69, 9.17) is 9.73 Å². The second-order valence-corrected chi connectivity index (χ2v) is 10.0. The number of nitrogens with zero attached hydrogens (tertiary/aromatic N) is 3. The number of anilines is 3. The van der Waals surface area contributed by atoms with Crippen LogP contribution in [0.3, 0.4) is 0 Å². The van der Waals surface area contributed by atoms with Gasteiger partial charge in [0.15, 0.2) is 0 Å². The predicted octanol–water partition coefficient (Wildman–Crippen LogP) is 8.48. The summed E-state index contributed by atoms with van der Waals surface area (Å²) in [7, 11) is 0. The molecule has 0 saturated carbocycles. The van der Waals surface area contributed by atoms with Gasteiger partial charge in [0.05, 0.1) is 17.9 Å². The van der Waals surface area contributed by atoms with Crippen molar-refractivity contribution in [1.82, 2.24) is 4.90 Å². The molecule has 1 amide bonds. The van der Waals surface area contributed by atoms with Gasteiger partial charge in [-0.2, -0.15) is 0 Å². The number of para-hydroxylation sites is 3. The minimum absolute atomic E-state index is 0.0708. The molecule has 5 rings (SSSR count). The van der Waals surface area contributed by atoms with Crippen LogP contribution in [-0.4, -0.2) is 35.8 Å². The molecule has 0 N–H and O–H groups in total. The molecule has 0 unspecified atom stereocenters. The molecule has 6 nitrogen and oxygen atoms in total. The van der Waals surface area contributed by atoms with Crippen molar-refractivity contribution in [2.75, 3.05) is 18.1 Å². The van der Waals surface area contributed by atoms with Gasteiger partial charge in [0.25, 0.3) is 5.91 Å².